The lowest BCUT2D eigenvalue weighted by Gasteiger charge is -2.16. The Balaban J connectivity index is 2.29. The molecule has 0 unspecified atom stereocenters. The van der Waals surface area contributed by atoms with Crippen LogP contribution in [-0.2, 0) is 9.59 Å². The van der Waals surface area contributed by atoms with Crippen LogP contribution in [0, 0.1) is 12.3 Å². The Morgan fingerprint density at radius 2 is 1.90 bits per heavy atom. The number of benzene rings is 2. The SMILES string of the molecule is C=CC(=O)Oc1ccc(C(=N)N)c(-c2ccc(NCC(=O)CCCC)cc2)c1C. The minimum atomic E-state index is -0.554. The predicted molar refractivity (Wildman–Crippen MR) is 116 cm³/mol. The van der Waals surface area contributed by atoms with Gasteiger partial charge in [-0.25, -0.2) is 4.79 Å². The summed E-state index contributed by atoms with van der Waals surface area (Å²) in [5, 5.41) is 11.0. The first-order valence-electron chi connectivity index (χ1n) is 9.55. The molecule has 0 fully saturated rings. The van der Waals surface area contributed by atoms with E-state index in [1.54, 1.807) is 12.1 Å². The number of nitrogens with one attached hydrogen (secondary N) is 2. The Kier molecular flexibility index (Phi) is 7.71. The highest BCUT2D eigenvalue weighted by atomic mass is 16.5. The van der Waals surface area contributed by atoms with Crippen LogP contribution in [0.1, 0.15) is 37.3 Å². The summed E-state index contributed by atoms with van der Waals surface area (Å²) in [6, 6.07) is 10.8. The molecular formula is C23H27N3O3. The van der Waals surface area contributed by atoms with E-state index in [1.165, 1.54) is 0 Å². The number of amidine groups is 1. The van der Waals surface area contributed by atoms with Crippen LogP contribution in [0.15, 0.2) is 49.1 Å². The molecular weight excluding hydrogens is 366 g/mol. The number of carbonyl (C=O) groups excluding carboxylic acids is 2. The van der Waals surface area contributed by atoms with Crippen LogP contribution in [0.3, 0.4) is 0 Å². The van der Waals surface area contributed by atoms with Crippen molar-refractivity contribution in [3.05, 3.63) is 60.2 Å². The number of hydrogen-bond acceptors (Lipinski definition) is 5. The van der Waals surface area contributed by atoms with E-state index >= 15 is 0 Å². The van der Waals surface area contributed by atoms with Crippen LogP contribution in [0.5, 0.6) is 5.75 Å². The number of rotatable bonds is 10. The lowest BCUT2D eigenvalue weighted by molar-refractivity contribution is -0.129. The maximum absolute atomic E-state index is 11.8. The van der Waals surface area contributed by atoms with Gasteiger partial charge >= 0.3 is 5.97 Å². The maximum Gasteiger partial charge on any atom is 0.335 e. The van der Waals surface area contributed by atoms with Crippen LogP contribution in [0.4, 0.5) is 5.69 Å². The number of carbonyl (C=O) groups is 2. The van der Waals surface area contributed by atoms with Crippen molar-refractivity contribution in [1.29, 1.82) is 5.41 Å². The summed E-state index contributed by atoms with van der Waals surface area (Å²) in [6.07, 6.45) is 3.58. The molecule has 0 aliphatic carbocycles. The van der Waals surface area contributed by atoms with Gasteiger partial charge in [-0.05, 0) is 48.7 Å². The van der Waals surface area contributed by atoms with E-state index < -0.39 is 5.97 Å². The van der Waals surface area contributed by atoms with Crippen LogP contribution in [-0.4, -0.2) is 24.1 Å². The third-order valence-electron chi connectivity index (χ3n) is 4.56. The fourth-order valence-corrected chi connectivity index (χ4v) is 2.97. The van der Waals surface area contributed by atoms with E-state index in [1.807, 2.05) is 31.2 Å². The maximum atomic E-state index is 11.8. The second kappa shape index (κ2) is 10.2. The summed E-state index contributed by atoms with van der Waals surface area (Å²) in [5.41, 5.74) is 9.38. The van der Waals surface area contributed by atoms with E-state index in [0.29, 0.717) is 29.8 Å². The second-order valence-corrected chi connectivity index (χ2v) is 6.72. The van der Waals surface area contributed by atoms with E-state index in [4.69, 9.17) is 15.9 Å². The molecule has 0 aromatic heterocycles. The summed E-state index contributed by atoms with van der Waals surface area (Å²) in [4.78, 5) is 23.4. The standard InChI is InChI=1S/C23H27N3O3/c1-4-6-7-18(27)14-26-17-10-8-16(9-11-17)22-15(3)20(29-21(28)5-2)13-12-19(22)23(24)25/h5,8-13,26H,2,4,6-7,14H2,1,3H3,(H3,24,25). The van der Waals surface area contributed by atoms with E-state index in [0.717, 1.165) is 35.7 Å². The van der Waals surface area contributed by atoms with Crippen molar-refractivity contribution in [1.82, 2.24) is 0 Å². The first-order chi connectivity index (χ1) is 13.9. The molecule has 0 saturated carbocycles. The van der Waals surface area contributed by atoms with Gasteiger partial charge in [0.1, 0.15) is 11.6 Å². The average molecular weight is 393 g/mol. The molecule has 0 bridgehead atoms. The van der Waals surface area contributed by atoms with Crippen LogP contribution < -0.4 is 15.8 Å². The molecule has 29 heavy (non-hydrogen) atoms. The van der Waals surface area contributed by atoms with Gasteiger partial charge in [-0.1, -0.05) is 32.1 Å². The molecule has 4 N–H and O–H groups in total. The number of esters is 1. The quantitative estimate of drug-likeness (QED) is 0.184. The van der Waals surface area contributed by atoms with Crippen LogP contribution in [0.25, 0.3) is 11.1 Å². The van der Waals surface area contributed by atoms with Gasteiger partial charge in [0.15, 0.2) is 5.78 Å². The fourth-order valence-electron chi connectivity index (χ4n) is 2.97. The van der Waals surface area contributed by atoms with Crippen molar-refractivity contribution in [3.8, 4) is 16.9 Å². The number of nitrogens with two attached hydrogens (primary N) is 1. The molecule has 0 saturated heterocycles. The fraction of sp³-hybridized carbons (Fsp3) is 0.261. The van der Waals surface area contributed by atoms with Gasteiger partial charge in [0.05, 0.1) is 6.54 Å². The predicted octanol–water partition coefficient (Wildman–Crippen LogP) is 4.21. The Morgan fingerprint density at radius 1 is 1.21 bits per heavy atom. The molecule has 2 rings (SSSR count). The number of nitrogen functional groups attached to an aromatic ring is 1. The van der Waals surface area contributed by atoms with Crippen molar-refractivity contribution in [2.24, 2.45) is 5.73 Å². The Morgan fingerprint density at radius 3 is 2.48 bits per heavy atom. The molecule has 2 aromatic carbocycles. The first-order valence-corrected chi connectivity index (χ1v) is 9.55. The van der Waals surface area contributed by atoms with Crippen molar-refractivity contribution < 1.29 is 14.3 Å². The van der Waals surface area contributed by atoms with Gasteiger partial charge < -0.3 is 15.8 Å². The third-order valence-corrected chi connectivity index (χ3v) is 4.56. The Labute approximate surface area is 171 Å². The summed E-state index contributed by atoms with van der Waals surface area (Å²) in [5.74, 6) is -0.0590. The molecule has 0 radical (unpaired) electrons. The highest BCUT2D eigenvalue weighted by Crippen LogP contribution is 2.34. The molecule has 0 heterocycles. The average Bonchev–Trinajstić information content (AvgIpc) is 2.72. The van der Waals surface area contributed by atoms with Gasteiger partial charge in [0.25, 0.3) is 0 Å². The highest BCUT2D eigenvalue weighted by molar-refractivity contribution is 6.03. The summed E-state index contributed by atoms with van der Waals surface area (Å²) in [7, 11) is 0. The lowest BCUT2D eigenvalue weighted by atomic mass is 9.93. The van der Waals surface area contributed by atoms with Gasteiger partial charge in [-0.3, -0.25) is 10.2 Å². The third kappa shape index (κ3) is 5.78. The van der Waals surface area contributed by atoms with Crippen molar-refractivity contribution >= 4 is 23.3 Å². The zero-order valence-corrected chi connectivity index (χ0v) is 16.9. The van der Waals surface area contributed by atoms with E-state index in [-0.39, 0.29) is 11.6 Å². The highest BCUT2D eigenvalue weighted by Gasteiger charge is 2.16. The first kappa shape index (κ1) is 21.9. The van der Waals surface area contributed by atoms with Gasteiger partial charge in [0.2, 0.25) is 0 Å². The van der Waals surface area contributed by atoms with Crippen molar-refractivity contribution in [2.45, 2.75) is 33.1 Å². The Bertz CT molecular complexity index is 918. The number of ether oxygens (including phenoxy) is 1. The van der Waals surface area contributed by atoms with Gasteiger partial charge in [-0.15, -0.1) is 0 Å². The second-order valence-electron chi connectivity index (χ2n) is 6.72. The van der Waals surface area contributed by atoms with Crippen molar-refractivity contribution in [2.75, 3.05) is 11.9 Å². The molecule has 0 aliphatic rings. The zero-order chi connectivity index (χ0) is 21.4. The molecule has 0 spiro atoms. The molecule has 6 heteroatoms. The minimum absolute atomic E-state index is 0.0755. The normalized spacial score (nSPS) is 10.3. The number of Topliss-reactive ketones (excluding diaryl/α,β-unsaturated/α-hetero) is 1. The summed E-state index contributed by atoms with van der Waals surface area (Å²) >= 11 is 0. The summed E-state index contributed by atoms with van der Waals surface area (Å²) in [6.45, 7) is 7.58. The number of anilines is 1. The molecule has 0 atom stereocenters. The molecule has 152 valence electrons. The summed E-state index contributed by atoms with van der Waals surface area (Å²) < 4.78 is 5.29. The van der Waals surface area contributed by atoms with Gasteiger partial charge in [0, 0.05) is 29.3 Å². The number of hydrogen-bond donors (Lipinski definition) is 3. The number of ketones is 1. The van der Waals surface area contributed by atoms with Crippen LogP contribution >= 0.6 is 0 Å². The minimum Gasteiger partial charge on any atom is -0.423 e. The monoisotopic (exact) mass is 393 g/mol. The smallest absolute Gasteiger partial charge is 0.335 e. The topological polar surface area (TPSA) is 105 Å². The molecule has 2 aromatic rings. The Hall–Kier alpha value is -3.41. The molecule has 0 aliphatic heterocycles. The molecule has 0 amide bonds. The molecule has 6 nitrogen and oxygen atoms in total. The van der Waals surface area contributed by atoms with E-state index in [9.17, 15) is 9.59 Å². The number of unbranched alkanes of at least 4 members (excludes halogenated alkanes) is 1. The van der Waals surface area contributed by atoms with E-state index in [2.05, 4.69) is 18.8 Å². The lowest BCUT2D eigenvalue weighted by Crippen LogP contribution is -2.14. The largest absolute Gasteiger partial charge is 0.423 e. The van der Waals surface area contributed by atoms with Gasteiger partial charge in [-0.2, -0.15) is 0 Å². The zero-order valence-electron chi connectivity index (χ0n) is 16.9. The van der Waals surface area contributed by atoms with Crippen LogP contribution in [0.2, 0.25) is 0 Å². The van der Waals surface area contributed by atoms with Crippen molar-refractivity contribution in [3.63, 3.8) is 0 Å².